The number of thiophene rings is 1. The Balaban J connectivity index is 1.57. The van der Waals surface area contributed by atoms with Gasteiger partial charge in [-0.05, 0) is 30.9 Å². The van der Waals surface area contributed by atoms with Crippen molar-refractivity contribution < 1.29 is 0 Å². The van der Waals surface area contributed by atoms with Crippen molar-refractivity contribution in [1.29, 1.82) is 0 Å². The van der Waals surface area contributed by atoms with Crippen LogP contribution in [0.3, 0.4) is 0 Å². The molecule has 0 aromatic carbocycles. The average Bonchev–Trinajstić information content (AvgIpc) is 2.90. The lowest BCUT2D eigenvalue weighted by Gasteiger charge is -2.25. The van der Waals surface area contributed by atoms with Crippen LogP contribution in [0.25, 0.3) is 16.3 Å². The first-order valence-electron chi connectivity index (χ1n) is 8.37. The number of anilines is 1. The maximum absolute atomic E-state index is 6.28. The molecule has 0 bridgehead atoms. The Morgan fingerprint density at radius 2 is 2.29 bits per heavy atom. The van der Waals surface area contributed by atoms with E-state index in [0.29, 0.717) is 17.7 Å². The molecular formula is C18H22N4S2. The van der Waals surface area contributed by atoms with Crippen molar-refractivity contribution in [2.24, 2.45) is 11.8 Å². The normalized spacial score (nSPS) is 23.0. The summed E-state index contributed by atoms with van der Waals surface area (Å²) in [5.41, 5.74) is 7.52. The molecule has 4 rings (SSSR count). The van der Waals surface area contributed by atoms with Gasteiger partial charge in [0, 0.05) is 29.8 Å². The van der Waals surface area contributed by atoms with Crippen molar-refractivity contribution in [2.75, 3.05) is 25.1 Å². The van der Waals surface area contributed by atoms with Crippen LogP contribution in [0, 0.1) is 11.8 Å². The van der Waals surface area contributed by atoms with Gasteiger partial charge in [0.25, 0.3) is 0 Å². The first-order chi connectivity index (χ1) is 11.6. The fraction of sp³-hybridized carbons (Fsp3) is 0.444. The van der Waals surface area contributed by atoms with Gasteiger partial charge in [-0.2, -0.15) is 0 Å². The highest BCUT2D eigenvalue weighted by molar-refractivity contribution is 7.99. The Kier molecular flexibility index (Phi) is 4.26. The summed E-state index contributed by atoms with van der Waals surface area (Å²) in [7, 11) is 2.12. The molecule has 0 radical (unpaired) electrons. The molecule has 0 spiro atoms. The fourth-order valence-electron chi connectivity index (χ4n) is 3.38. The van der Waals surface area contributed by atoms with E-state index in [1.165, 1.54) is 10.4 Å². The molecule has 0 saturated carbocycles. The molecule has 0 saturated heterocycles. The van der Waals surface area contributed by atoms with Gasteiger partial charge in [0.15, 0.2) is 5.16 Å². The van der Waals surface area contributed by atoms with Crippen LogP contribution in [0.5, 0.6) is 0 Å². The highest BCUT2D eigenvalue weighted by atomic mass is 32.2. The summed E-state index contributed by atoms with van der Waals surface area (Å²) in [6.45, 7) is 3.34. The lowest BCUT2D eigenvalue weighted by Crippen LogP contribution is -2.25. The lowest BCUT2D eigenvalue weighted by molar-refractivity contribution is 0.355. The summed E-state index contributed by atoms with van der Waals surface area (Å²) in [5, 5.41) is 1.86. The summed E-state index contributed by atoms with van der Waals surface area (Å²) < 4.78 is 0. The van der Waals surface area contributed by atoms with Gasteiger partial charge >= 0.3 is 0 Å². The number of allylic oxidation sites excluding steroid dienone is 2. The molecule has 2 aromatic rings. The standard InChI is InChI=1S/C18H22N4S2/c1-11-5-6-13-14(8-11)24-17-15(13)16(19)20-18(21-17)23-10-12-4-3-7-22(2)9-12/h3,5-7,11-12H,4,8-10H2,1-2H3,(H2,19,20,21)/t11-,12-/m1/s1. The van der Waals surface area contributed by atoms with Crippen molar-refractivity contribution in [1.82, 2.24) is 14.9 Å². The van der Waals surface area contributed by atoms with Gasteiger partial charge in [-0.3, -0.25) is 0 Å². The minimum Gasteiger partial charge on any atom is -0.383 e. The summed E-state index contributed by atoms with van der Waals surface area (Å²) in [6, 6.07) is 0. The molecule has 1 aliphatic heterocycles. The summed E-state index contributed by atoms with van der Waals surface area (Å²) in [6.07, 6.45) is 11.1. The minimum atomic E-state index is 0.588. The van der Waals surface area contributed by atoms with Crippen molar-refractivity contribution >= 4 is 45.2 Å². The van der Waals surface area contributed by atoms with E-state index >= 15 is 0 Å². The van der Waals surface area contributed by atoms with Crippen molar-refractivity contribution in [3.63, 3.8) is 0 Å². The highest BCUT2D eigenvalue weighted by Gasteiger charge is 2.21. The predicted octanol–water partition coefficient (Wildman–Crippen LogP) is 4.04. The van der Waals surface area contributed by atoms with Gasteiger partial charge in [-0.1, -0.05) is 36.9 Å². The van der Waals surface area contributed by atoms with E-state index in [1.807, 2.05) is 0 Å². The van der Waals surface area contributed by atoms with Gasteiger partial charge in [0.1, 0.15) is 10.6 Å². The summed E-state index contributed by atoms with van der Waals surface area (Å²) in [4.78, 5) is 14.0. The van der Waals surface area contributed by atoms with Gasteiger partial charge in [-0.25, -0.2) is 9.97 Å². The minimum absolute atomic E-state index is 0.588. The topological polar surface area (TPSA) is 55.0 Å². The third kappa shape index (κ3) is 3.05. The Labute approximate surface area is 150 Å². The van der Waals surface area contributed by atoms with E-state index in [0.717, 1.165) is 40.5 Å². The maximum atomic E-state index is 6.28. The third-order valence-corrected chi connectivity index (χ3v) is 6.80. The second kappa shape index (κ2) is 6.41. The molecule has 1 aliphatic carbocycles. The number of hydrogen-bond acceptors (Lipinski definition) is 6. The molecule has 3 heterocycles. The molecule has 0 amide bonds. The third-order valence-electron chi connectivity index (χ3n) is 4.60. The average molecular weight is 359 g/mol. The number of thioether (sulfide) groups is 1. The van der Waals surface area contributed by atoms with E-state index in [4.69, 9.17) is 10.7 Å². The van der Waals surface area contributed by atoms with Crippen LogP contribution in [0.15, 0.2) is 23.5 Å². The smallest absolute Gasteiger partial charge is 0.190 e. The Morgan fingerprint density at radius 1 is 1.42 bits per heavy atom. The van der Waals surface area contributed by atoms with E-state index in [2.05, 4.69) is 48.3 Å². The molecule has 6 heteroatoms. The van der Waals surface area contributed by atoms with Crippen LogP contribution in [-0.2, 0) is 6.42 Å². The van der Waals surface area contributed by atoms with Gasteiger partial charge in [0.05, 0.1) is 5.39 Å². The first-order valence-corrected chi connectivity index (χ1v) is 10.2. The van der Waals surface area contributed by atoms with Crippen LogP contribution in [-0.4, -0.2) is 34.2 Å². The fourth-order valence-corrected chi connectivity index (χ4v) is 5.69. The largest absolute Gasteiger partial charge is 0.383 e. The van der Waals surface area contributed by atoms with Crippen LogP contribution < -0.4 is 5.73 Å². The summed E-state index contributed by atoms with van der Waals surface area (Å²) in [5.74, 6) is 2.89. The van der Waals surface area contributed by atoms with Crippen LogP contribution in [0.1, 0.15) is 23.8 Å². The monoisotopic (exact) mass is 358 g/mol. The van der Waals surface area contributed by atoms with E-state index < -0.39 is 0 Å². The molecule has 2 N–H and O–H groups in total. The van der Waals surface area contributed by atoms with Crippen molar-refractivity contribution in [3.05, 3.63) is 28.8 Å². The number of nitrogens with zero attached hydrogens (tertiary/aromatic N) is 3. The zero-order chi connectivity index (χ0) is 16.7. The molecule has 0 fully saturated rings. The molecule has 2 aliphatic rings. The zero-order valence-corrected chi connectivity index (χ0v) is 15.7. The number of nitrogens with two attached hydrogens (primary N) is 1. The van der Waals surface area contributed by atoms with E-state index in [9.17, 15) is 0 Å². The van der Waals surface area contributed by atoms with E-state index in [1.54, 1.807) is 23.1 Å². The lowest BCUT2D eigenvalue weighted by atomic mass is 9.96. The SMILES string of the molecule is C[C@@H]1C=Cc2c(sc3nc(SC[C@@H]4CC=CN(C)C4)nc(N)c23)C1. The number of fused-ring (bicyclic) bond motifs is 3. The number of nitrogen functional groups attached to an aromatic ring is 1. The van der Waals surface area contributed by atoms with Gasteiger partial charge in [-0.15, -0.1) is 11.3 Å². The molecule has 2 atom stereocenters. The Hall–Kier alpha value is -1.53. The van der Waals surface area contributed by atoms with E-state index in [-0.39, 0.29) is 0 Å². The second-order valence-electron chi connectivity index (χ2n) is 6.79. The molecule has 126 valence electrons. The second-order valence-corrected chi connectivity index (χ2v) is 8.86. The van der Waals surface area contributed by atoms with Gasteiger partial charge in [0.2, 0.25) is 0 Å². The van der Waals surface area contributed by atoms with Crippen LogP contribution >= 0.6 is 23.1 Å². The maximum Gasteiger partial charge on any atom is 0.190 e. The molecule has 2 aromatic heterocycles. The van der Waals surface area contributed by atoms with Crippen LogP contribution in [0.2, 0.25) is 0 Å². The zero-order valence-electron chi connectivity index (χ0n) is 14.0. The number of rotatable bonds is 3. The van der Waals surface area contributed by atoms with Crippen molar-refractivity contribution in [3.8, 4) is 0 Å². The molecule has 0 unspecified atom stereocenters. The van der Waals surface area contributed by atoms with Gasteiger partial charge < -0.3 is 10.6 Å². The molecule has 24 heavy (non-hydrogen) atoms. The Morgan fingerprint density at radius 3 is 3.12 bits per heavy atom. The first kappa shape index (κ1) is 16.0. The predicted molar refractivity (Wildman–Crippen MR) is 104 cm³/mol. The molecule has 4 nitrogen and oxygen atoms in total. The summed E-state index contributed by atoms with van der Waals surface area (Å²) >= 11 is 3.51. The highest BCUT2D eigenvalue weighted by Crippen LogP contribution is 2.39. The Bertz CT molecular complexity index is 824. The quantitative estimate of drug-likeness (QED) is 0.663. The number of hydrogen-bond donors (Lipinski definition) is 1. The van der Waals surface area contributed by atoms with Crippen LogP contribution in [0.4, 0.5) is 5.82 Å². The number of aromatic nitrogens is 2. The van der Waals surface area contributed by atoms with Crippen molar-refractivity contribution in [2.45, 2.75) is 24.9 Å². The molecular weight excluding hydrogens is 336 g/mol.